The Balaban J connectivity index is 1.75. The van der Waals surface area contributed by atoms with Crippen molar-refractivity contribution in [2.45, 2.75) is 38.0 Å². The van der Waals surface area contributed by atoms with Crippen molar-refractivity contribution in [2.75, 3.05) is 6.61 Å². The van der Waals surface area contributed by atoms with Gasteiger partial charge < -0.3 is 4.74 Å². The number of hydrogen-bond donors (Lipinski definition) is 0. The quantitative estimate of drug-likeness (QED) is 0.485. The van der Waals surface area contributed by atoms with E-state index >= 15 is 0 Å². The maximum Gasteiger partial charge on any atom is 0.282 e. The first-order valence-corrected chi connectivity index (χ1v) is 9.98. The average Bonchev–Trinajstić information content (AvgIpc) is 2.78. The van der Waals surface area contributed by atoms with Gasteiger partial charge in [-0.05, 0) is 42.7 Å². The number of rotatable bonds is 5. The van der Waals surface area contributed by atoms with Gasteiger partial charge in [-0.3, -0.25) is 4.79 Å². The Morgan fingerprint density at radius 2 is 2.00 bits per heavy atom. The second-order valence-electron chi connectivity index (χ2n) is 7.25. The van der Waals surface area contributed by atoms with E-state index in [0.29, 0.717) is 11.1 Å². The number of benzene rings is 2. The Morgan fingerprint density at radius 1 is 1.17 bits per heavy atom. The van der Waals surface area contributed by atoms with Crippen molar-refractivity contribution >= 4 is 17.1 Å². The molecule has 146 valence electrons. The van der Waals surface area contributed by atoms with Gasteiger partial charge in [0.2, 0.25) is 0 Å². The maximum absolute atomic E-state index is 13.2. The van der Waals surface area contributed by atoms with E-state index in [4.69, 9.17) is 16.1 Å². The summed E-state index contributed by atoms with van der Waals surface area (Å²) in [6, 6.07) is 14.9. The van der Waals surface area contributed by atoms with Gasteiger partial charge in [0.25, 0.3) is 5.56 Å². The lowest BCUT2D eigenvalue weighted by Gasteiger charge is -2.22. The van der Waals surface area contributed by atoms with E-state index in [2.05, 4.69) is 11.0 Å². The van der Waals surface area contributed by atoms with E-state index < -0.39 is 0 Å². The minimum atomic E-state index is -0.132. The molecule has 0 radical (unpaired) electrons. The van der Waals surface area contributed by atoms with Crippen LogP contribution in [0.15, 0.2) is 58.4 Å². The summed E-state index contributed by atoms with van der Waals surface area (Å²) in [5.41, 5.74) is 1.43. The molecule has 1 heterocycles. The highest BCUT2D eigenvalue weighted by atomic mass is 16.5. The third-order valence-electron chi connectivity index (χ3n) is 5.25. The fourth-order valence-electron chi connectivity index (χ4n) is 3.81. The molecule has 2 aromatic carbocycles. The van der Waals surface area contributed by atoms with E-state index in [1.807, 2.05) is 42.5 Å². The summed E-state index contributed by atoms with van der Waals surface area (Å²) in [7, 11) is 0. The molecule has 29 heavy (non-hydrogen) atoms. The van der Waals surface area contributed by atoms with Crippen LogP contribution in [0, 0.1) is 12.3 Å². The van der Waals surface area contributed by atoms with Gasteiger partial charge in [-0.15, -0.1) is 6.42 Å². The van der Waals surface area contributed by atoms with Crippen molar-refractivity contribution in [3.63, 3.8) is 0 Å². The highest BCUT2D eigenvalue weighted by molar-refractivity contribution is 5.81. The highest BCUT2D eigenvalue weighted by Gasteiger charge is 2.22. The van der Waals surface area contributed by atoms with Crippen LogP contribution in [0.5, 0.6) is 5.75 Å². The van der Waals surface area contributed by atoms with Gasteiger partial charge in [0.1, 0.15) is 18.2 Å². The largest absolute Gasteiger partial charge is 0.481 e. The van der Waals surface area contributed by atoms with Crippen LogP contribution in [0.3, 0.4) is 0 Å². The molecule has 5 heteroatoms. The molecule has 1 aromatic heterocycles. The lowest BCUT2D eigenvalue weighted by atomic mass is 9.88. The Labute approximate surface area is 170 Å². The number of para-hydroxylation sites is 1. The van der Waals surface area contributed by atoms with E-state index in [1.54, 1.807) is 12.3 Å². The van der Waals surface area contributed by atoms with Crippen molar-refractivity contribution < 1.29 is 4.74 Å². The number of nitrogens with zero attached hydrogens (tertiary/aromatic N) is 3. The van der Waals surface area contributed by atoms with Crippen LogP contribution >= 0.6 is 0 Å². The van der Waals surface area contributed by atoms with Crippen LogP contribution < -0.4 is 10.3 Å². The summed E-state index contributed by atoms with van der Waals surface area (Å²) >= 11 is 0. The van der Waals surface area contributed by atoms with Crippen molar-refractivity contribution in [2.24, 2.45) is 5.10 Å². The molecule has 0 amide bonds. The van der Waals surface area contributed by atoms with Crippen molar-refractivity contribution in [3.8, 4) is 18.1 Å². The maximum atomic E-state index is 13.2. The molecule has 3 aromatic rings. The lowest BCUT2D eigenvalue weighted by molar-refractivity contribution is 0.370. The second kappa shape index (κ2) is 8.74. The molecule has 1 saturated carbocycles. The van der Waals surface area contributed by atoms with Gasteiger partial charge in [-0.25, -0.2) is 4.98 Å². The summed E-state index contributed by atoms with van der Waals surface area (Å²) in [5, 5.41) is 5.12. The van der Waals surface area contributed by atoms with Crippen LogP contribution in [0.2, 0.25) is 0 Å². The zero-order valence-corrected chi connectivity index (χ0v) is 16.3. The van der Waals surface area contributed by atoms with Gasteiger partial charge in [0.15, 0.2) is 0 Å². The molecule has 1 aliphatic rings. The first-order valence-electron chi connectivity index (χ1n) is 9.98. The smallest absolute Gasteiger partial charge is 0.282 e. The van der Waals surface area contributed by atoms with Crippen molar-refractivity contribution in [1.82, 2.24) is 9.66 Å². The molecule has 1 aliphatic carbocycles. The molecule has 0 saturated heterocycles. The van der Waals surface area contributed by atoms with Gasteiger partial charge in [-0.1, -0.05) is 49.4 Å². The molecular weight excluding hydrogens is 362 g/mol. The fraction of sp³-hybridized carbons (Fsp3) is 0.292. The van der Waals surface area contributed by atoms with Gasteiger partial charge >= 0.3 is 0 Å². The summed E-state index contributed by atoms with van der Waals surface area (Å²) in [6.45, 7) is 0.209. The Morgan fingerprint density at radius 3 is 2.83 bits per heavy atom. The minimum absolute atomic E-state index is 0.132. The van der Waals surface area contributed by atoms with Crippen LogP contribution in [0.1, 0.15) is 49.4 Å². The molecule has 0 atom stereocenters. The van der Waals surface area contributed by atoms with Gasteiger partial charge in [0, 0.05) is 5.92 Å². The molecule has 0 N–H and O–H groups in total. The average molecular weight is 385 g/mol. The standard InChI is InChI=1S/C24H23N3O2/c1-2-15-29-20-12-8-9-18(16-20)17-25-27-23(19-10-4-3-5-11-19)26-22-14-7-6-13-21(22)24(27)28/h1,6-9,12-14,16-17,19H,3-5,10-11,15H2. The zero-order valence-electron chi connectivity index (χ0n) is 16.3. The molecule has 0 bridgehead atoms. The van der Waals surface area contributed by atoms with Crippen LogP contribution in [-0.2, 0) is 0 Å². The monoisotopic (exact) mass is 385 g/mol. The summed E-state index contributed by atoms with van der Waals surface area (Å²) in [5.74, 6) is 4.13. The Kier molecular flexibility index (Phi) is 5.71. The Hall–Kier alpha value is -3.39. The first-order chi connectivity index (χ1) is 14.3. The molecule has 0 spiro atoms. The first kappa shape index (κ1) is 18.9. The van der Waals surface area contributed by atoms with E-state index in [1.165, 1.54) is 11.1 Å². The number of hydrogen-bond acceptors (Lipinski definition) is 4. The van der Waals surface area contributed by atoms with Crippen LogP contribution in [-0.4, -0.2) is 22.5 Å². The summed E-state index contributed by atoms with van der Waals surface area (Å²) in [4.78, 5) is 18.0. The second-order valence-corrected chi connectivity index (χ2v) is 7.25. The fourth-order valence-corrected chi connectivity index (χ4v) is 3.81. The van der Waals surface area contributed by atoms with Crippen molar-refractivity contribution in [3.05, 3.63) is 70.3 Å². The molecule has 1 fully saturated rings. The van der Waals surface area contributed by atoms with Crippen LogP contribution in [0.4, 0.5) is 0 Å². The number of ether oxygens (including phenoxy) is 1. The van der Waals surface area contributed by atoms with Crippen LogP contribution in [0.25, 0.3) is 10.9 Å². The molecule has 5 nitrogen and oxygen atoms in total. The molecule has 0 unspecified atom stereocenters. The number of aromatic nitrogens is 2. The third kappa shape index (κ3) is 4.22. The topological polar surface area (TPSA) is 56.5 Å². The summed E-state index contributed by atoms with van der Waals surface area (Å²) in [6.07, 6.45) is 12.6. The van der Waals surface area contributed by atoms with E-state index in [-0.39, 0.29) is 18.1 Å². The van der Waals surface area contributed by atoms with E-state index in [9.17, 15) is 4.79 Å². The van der Waals surface area contributed by atoms with E-state index in [0.717, 1.165) is 42.6 Å². The molecular formula is C24H23N3O2. The molecule has 0 aliphatic heterocycles. The third-order valence-corrected chi connectivity index (χ3v) is 5.25. The summed E-state index contributed by atoms with van der Waals surface area (Å²) < 4.78 is 6.95. The lowest BCUT2D eigenvalue weighted by Crippen LogP contribution is -2.25. The minimum Gasteiger partial charge on any atom is -0.481 e. The van der Waals surface area contributed by atoms with Gasteiger partial charge in [-0.2, -0.15) is 9.78 Å². The number of fused-ring (bicyclic) bond motifs is 1. The highest BCUT2D eigenvalue weighted by Crippen LogP contribution is 2.31. The predicted octanol–water partition coefficient (Wildman–Crippen LogP) is 4.34. The Bertz CT molecular complexity index is 1130. The predicted molar refractivity (Wildman–Crippen MR) is 116 cm³/mol. The zero-order chi connectivity index (χ0) is 20.1. The van der Waals surface area contributed by atoms with Crippen molar-refractivity contribution in [1.29, 1.82) is 0 Å². The van der Waals surface area contributed by atoms with Gasteiger partial charge in [0.05, 0.1) is 17.1 Å². The normalized spacial score (nSPS) is 14.9. The molecule has 4 rings (SSSR count). The number of terminal acetylenes is 1. The SMILES string of the molecule is C#CCOc1cccc(C=Nn2c(C3CCCCC3)nc3ccccc3c2=O)c1.